The Morgan fingerprint density at radius 3 is 2.48 bits per heavy atom. The van der Waals surface area contributed by atoms with Gasteiger partial charge in [-0.25, -0.2) is 9.59 Å². The number of hydrogen-bond donors (Lipinski definition) is 2. The lowest BCUT2D eigenvalue weighted by molar-refractivity contribution is 0.0220. The predicted molar refractivity (Wildman–Crippen MR) is 107 cm³/mol. The summed E-state index contributed by atoms with van der Waals surface area (Å²) in [4.78, 5) is 25.8. The van der Waals surface area contributed by atoms with Crippen LogP contribution in [0.15, 0.2) is 24.3 Å². The number of urea groups is 1. The van der Waals surface area contributed by atoms with E-state index >= 15 is 0 Å². The summed E-state index contributed by atoms with van der Waals surface area (Å²) < 4.78 is 5.61. The molecule has 27 heavy (non-hydrogen) atoms. The van der Waals surface area contributed by atoms with E-state index in [4.69, 9.17) is 10.5 Å². The highest BCUT2D eigenvalue weighted by Gasteiger charge is 2.24. The molecule has 0 unspecified atom stereocenters. The van der Waals surface area contributed by atoms with Crippen molar-refractivity contribution in [2.45, 2.75) is 71.4 Å². The molecule has 0 aliphatic heterocycles. The smallest absolute Gasteiger partial charge is 0.410 e. The van der Waals surface area contributed by atoms with Crippen molar-refractivity contribution in [1.29, 1.82) is 0 Å². The van der Waals surface area contributed by atoms with Gasteiger partial charge in [0.15, 0.2) is 0 Å². The lowest BCUT2D eigenvalue weighted by Crippen LogP contribution is -2.38. The molecular formula is C21H33N3O3. The largest absolute Gasteiger partial charge is 0.444 e. The van der Waals surface area contributed by atoms with Crippen LogP contribution in [-0.4, -0.2) is 29.2 Å². The van der Waals surface area contributed by atoms with Gasteiger partial charge in [0.05, 0.1) is 6.54 Å². The van der Waals surface area contributed by atoms with E-state index < -0.39 is 11.6 Å². The Bertz CT molecular complexity index is 634. The number of benzene rings is 1. The number of para-hydroxylation sites is 1. The number of amides is 3. The van der Waals surface area contributed by atoms with Crippen LogP contribution in [0.2, 0.25) is 0 Å². The van der Waals surface area contributed by atoms with Crippen LogP contribution in [0.4, 0.5) is 15.3 Å². The number of primary amides is 1. The van der Waals surface area contributed by atoms with Gasteiger partial charge >= 0.3 is 12.1 Å². The second kappa shape index (κ2) is 9.62. The number of carbonyl (C=O) groups is 2. The van der Waals surface area contributed by atoms with Gasteiger partial charge in [-0.05, 0) is 44.7 Å². The maximum Gasteiger partial charge on any atom is 0.410 e. The van der Waals surface area contributed by atoms with Crippen LogP contribution in [0, 0.1) is 5.92 Å². The van der Waals surface area contributed by atoms with E-state index in [1.54, 1.807) is 11.0 Å². The lowest BCUT2D eigenvalue weighted by Gasteiger charge is -2.30. The molecule has 0 atom stereocenters. The van der Waals surface area contributed by atoms with Crippen LogP contribution in [0.5, 0.6) is 0 Å². The summed E-state index contributed by atoms with van der Waals surface area (Å²) in [6, 6.07) is 6.77. The van der Waals surface area contributed by atoms with Crippen LogP contribution in [0.1, 0.15) is 64.9 Å². The van der Waals surface area contributed by atoms with E-state index in [0.29, 0.717) is 24.7 Å². The molecule has 0 heterocycles. The SMILES string of the molecule is CC(C)(C)OC(=O)N(CCC1CCCCC1)Cc1ccccc1NC(N)=O. The number of rotatable bonds is 6. The quantitative estimate of drug-likeness (QED) is 0.743. The van der Waals surface area contributed by atoms with Crippen LogP contribution >= 0.6 is 0 Å². The van der Waals surface area contributed by atoms with Crippen molar-refractivity contribution in [3.63, 3.8) is 0 Å². The molecule has 2 rings (SSSR count). The average Bonchev–Trinajstić information content (AvgIpc) is 2.59. The van der Waals surface area contributed by atoms with Crippen LogP contribution in [0.3, 0.4) is 0 Å². The van der Waals surface area contributed by atoms with Crippen LogP contribution in [0.25, 0.3) is 0 Å². The molecule has 0 aromatic heterocycles. The third-order valence-electron chi connectivity index (χ3n) is 4.82. The van der Waals surface area contributed by atoms with E-state index in [2.05, 4.69) is 5.32 Å². The van der Waals surface area contributed by atoms with Crippen molar-refractivity contribution in [1.82, 2.24) is 4.90 Å². The van der Waals surface area contributed by atoms with Gasteiger partial charge in [-0.15, -0.1) is 0 Å². The summed E-state index contributed by atoms with van der Waals surface area (Å²) in [5, 5.41) is 2.63. The summed E-state index contributed by atoms with van der Waals surface area (Å²) in [5.74, 6) is 0.669. The van der Waals surface area contributed by atoms with E-state index in [-0.39, 0.29) is 6.09 Å². The fourth-order valence-corrected chi connectivity index (χ4v) is 3.49. The van der Waals surface area contributed by atoms with Gasteiger partial charge in [-0.3, -0.25) is 0 Å². The standard InChI is InChI=1S/C21H33N3O3/c1-21(2,3)27-20(26)24(14-13-16-9-5-4-6-10-16)15-17-11-7-8-12-18(17)23-19(22)25/h7-8,11-12,16H,4-6,9-10,13-15H2,1-3H3,(H3,22,23,25). The molecule has 0 saturated heterocycles. The third-order valence-corrected chi connectivity index (χ3v) is 4.82. The molecule has 0 bridgehead atoms. The molecule has 1 aromatic carbocycles. The van der Waals surface area contributed by atoms with Crippen molar-refractivity contribution in [3.8, 4) is 0 Å². The Morgan fingerprint density at radius 2 is 1.85 bits per heavy atom. The first-order valence-corrected chi connectivity index (χ1v) is 9.87. The predicted octanol–water partition coefficient (Wildman–Crippen LogP) is 4.88. The molecule has 6 nitrogen and oxygen atoms in total. The molecule has 150 valence electrons. The summed E-state index contributed by atoms with van der Waals surface area (Å²) in [5.41, 5.74) is 6.18. The summed E-state index contributed by atoms with van der Waals surface area (Å²) in [7, 11) is 0. The van der Waals surface area contributed by atoms with Crippen molar-refractivity contribution in [3.05, 3.63) is 29.8 Å². The topological polar surface area (TPSA) is 84.7 Å². The number of nitrogens with two attached hydrogens (primary N) is 1. The second-order valence-corrected chi connectivity index (χ2v) is 8.34. The summed E-state index contributed by atoms with van der Waals surface area (Å²) in [6.07, 6.45) is 7.00. The normalized spacial score (nSPS) is 15.2. The van der Waals surface area contributed by atoms with Gasteiger partial charge in [0.1, 0.15) is 5.60 Å². The second-order valence-electron chi connectivity index (χ2n) is 8.34. The number of nitrogens with zero attached hydrogens (tertiary/aromatic N) is 1. The average molecular weight is 376 g/mol. The van der Waals surface area contributed by atoms with Crippen LogP contribution in [-0.2, 0) is 11.3 Å². The Labute approximate surface area is 162 Å². The summed E-state index contributed by atoms with van der Waals surface area (Å²) in [6.45, 7) is 6.62. The molecule has 6 heteroatoms. The molecule has 1 saturated carbocycles. The number of anilines is 1. The Hall–Kier alpha value is -2.24. The Morgan fingerprint density at radius 1 is 1.19 bits per heavy atom. The highest BCUT2D eigenvalue weighted by atomic mass is 16.6. The van der Waals surface area contributed by atoms with Gasteiger partial charge in [0.2, 0.25) is 0 Å². The monoisotopic (exact) mass is 375 g/mol. The number of ether oxygens (including phenoxy) is 1. The fraction of sp³-hybridized carbons (Fsp3) is 0.619. The molecule has 1 fully saturated rings. The highest BCUT2D eigenvalue weighted by molar-refractivity contribution is 5.88. The first-order chi connectivity index (χ1) is 12.7. The van der Waals surface area contributed by atoms with Crippen molar-refractivity contribution in [2.75, 3.05) is 11.9 Å². The maximum absolute atomic E-state index is 12.8. The third kappa shape index (κ3) is 7.49. The minimum absolute atomic E-state index is 0.327. The molecule has 3 amide bonds. The minimum atomic E-state index is -0.617. The Kier molecular flexibility index (Phi) is 7.51. The highest BCUT2D eigenvalue weighted by Crippen LogP contribution is 2.27. The zero-order valence-electron chi connectivity index (χ0n) is 16.8. The lowest BCUT2D eigenvalue weighted by atomic mass is 9.87. The first-order valence-electron chi connectivity index (χ1n) is 9.87. The molecular weight excluding hydrogens is 342 g/mol. The number of carbonyl (C=O) groups excluding carboxylic acids is 2. The molecule has 0 spiro atoms. The van der Waals surface area contributed by atoms with Gasteiger partial charge in [0, 0.05) is 12.2 Å². The van der Waals surface area contributed by atoms with Gasteiger partial charge < -0.3 is 20.7 Å². The first kappa shape index (κ1) is 21.1. The van der Waals surface area contributed by atoms with Crippen molar-refractivity contribution < 1.29 is 14.3 Å². The zero-order chi connectivity index (χ0) is 19.9. The fourth-order valence-electron chi connectivity index (χ4n) is 3.49. The number of hydrogen-bond acceptors (Lipinski definition) is 3. The molecule has 0 radical (unpaired) electrons. The van der Waals surface area contributed by atoms with Crippen molar-refractivity contribution >= 4 is 17.8 Å². The minimum Gasteiger partial charge on any atom is -0.444 e. The molecule has 1 aromatic rings. The Balaban J connectivity index is 2.11. The van der Waals surface area contributed by atoms with Crippen molar-refractivity contribution in [2.24, 2.45) is 11.7 Å². The zero-order valence-corrected chi connectivity index (χ0v) is 16.8. The number of nitrogens with one attached hydrogen (secondary N) is 1. The van der Waals surface area contributed by atoms with Gasteiger partial charge in [-0.2, -0.15) is 0 Å². The molecule has 3 N–H and O–H groups in total. The maximum atomic E-state index is 12.8. The van der Waals surface area contributed by atoms with E-state index in [0.717, 1.165) is 12.0 Å². The van der Waals surface area contributed by atoms with Gasteiger partial charge in [-0.1, -0.05) is 50.3 Å². The van der Waals surface area contributed by atoms with Crippen LogP contribution < -0.4 is 11.1 Å². The van der Waals surface area contributed by atoms with E-state index in [1.165, 1.54) is 32.1 Å². The van der Waals surface area contributed by atoms with E-state index in [9.17, 15) is 9.59 Å². The van der Waals surface area contributed by atoms with Gasteiger partial charge in [0.25, 0.3) is 0 Å². The molecule has 1 aliphatic rings. The molecule has 1 aliphatic carbocycles. The van der Waals surface area contributed by atoms with E-state index in [1.807, 2.05) is 39.0 Å². The summed E-state index contributed by atoms with van der Waals surface area (Å²) >= 11 is 0.